The Morgan fingerprint density at radius 2 is 2.24 bits per heavy atom. The summed E-state index contributed by atoms with van der Waals surface area (Å²) in [5.41, 5.74) is 7.64. The number of pyridine rings is 1. The number of ether oxygens (including phenoxy) is 1. The Morgan fingerprint density at radius 1 is 1.35 bits per heavy atom. The maximum atomic E-state index is 5.57. The number of aromatic nitrogens is 3. The Morgan fingerprint density at radius 3 is 2.94 bits per heavy atom. The van der Waals surface area contributed by atoms with Crippen LogP contribution in [0.4, 0.5) is 5.82 Å². The Labute approximate surface area is 100 Å². The quantitative estimate of drug-likeness (QED) is 0.794. The largest absolute Gasteiger partial charge is 0.385 e. The van der Waals surface area contributed by atoms with E-state index in [9.17, 15) is 0 Å². The van der Waals surface area contributed by atoms with E-state index in [1.165, 1.54) is 0 Å². The van der Waals surface area contributed by atoms with Gasteiger partial charge in [0.2, 0.25) is 0 Å². The summed E-state index contributed by atoms with van der Waals surface area (Å²) in [5, 5.41) is 0. The zero-order valence-electron chi connectivity index (χ0n) is 9.84. The fraction of sp³-hybridized carbons (Fsp3) is 0.333. The summed E-state index contributed by atoms with van der Waals surface area (Å²) in [7, 11) is 1.71. The lowest BCUT2D eigenvalue weighted by atomic mass is 10.2. The third-order valence-corrected chi connectivity index (χ3v) is 2.54. The number of hydrogen-bond donors (Lipinski definition) is 1. The molecular formula is C12H16N4O. The van der Waals surface area contributed by atoms with Gasteiger partial charge in [-0.2, -0.15) is 0 Å². The molecule has 0 saturated heterocycles. The minimum absolute atomic E-state index is 0.527. The maximum Gasteiger partial charge on any atom is 0.123 e. The Bertz CT molecular complexity index is 464. The summed E-state index contributed by atoms with van der Waals surface area (Å²) in [5.74, 6) is 0.527. The zero-order chi connectivity index (χ0) is 12.1. The van der Waals surface area contributed by atoms with E-state index in [1.54, 1.807) is 19.4 Å². The van der Waals surface area contributed by atoms with Crippen molar-refractivity contribution in [3.63, 3.8) is 0 Å². The van der Waals surface area contributed by atoms with Gasteiger partial charge in [0.1, 0.15) is 5.82 Å². The van der Waals surface area contributed by atoms with Gasteiger partial charge in [-0.05, 0) is 18.6 Å². The zero-order valence-corrected chi connectivity index (χ0v) is 9.84. The van der Waals surface area contributed by atoms with Gasteiger partial charge in [0.05, 0.1) is 18.2 Å². The number of anilines is 1. The van der Waals surface area contributed by atoms with Crippen LogP contribution in [0.2, 0.25) is 0 Å². The summed E-state index contributed by atoms with van der Waals surface area (Å²) in [6, 6.07) is 3.74. The fourth-order valence-corrected chi connectivity index (χ4v) is 1.68. The highest BCUT2D eigenvalue weighted by Crippen LogP contribution is 2.18. The van der Waals surface area contributed by atoms with Crippen molar-refractivity contribution in [2.45, 2.75) is 13.0 Å². The number of imidazole rings is 1. The molecule has 2 aromatic rings. The predicted octanol–water partition coefficient (Wildman–Crippen LogP) is 1.56. The Balaban J connectivity index is 2.15. The minimum atomic E-state index is 0.527. The summed E-state index contributed by atoms with van der Waals surface area (Å²) in [6.45, 7) is 1.63. The van der Waals surface area contributed by atoms with Crippen LogP contribution in [0.1, 0.15) is 6.42 Å². The average molecular weight is 232 g/mol. The second-order valence-corrected chi connectivity index (χ2v) is 3.79. The van der Waals surface area contributed by atoms with Gasteiger partial charge in [0, 0.05) is 32.0 Å². The van der Waals surface area contributed by atoms with E-state index in [4.69, 9.17) is 10.5 Å². The molecule has 17 heavy (non-hydrogen) atoms. The van der Waals surface area contributed by atoms with Gasteiger partial charge in [-0.3, -0.25) is 0 Å². The fourth-order valence-electron chi connectivity index (χ4n) is 1.68. The van der Waals surface area contributed by atoms with Crippen molar-refractivity contribution in [2.75, 3.05) is 19.5 Å². The number of nitrogens with zero attached hydrogens (tertiary/aromatic N) is 3. The molecule has 0 aromatic carbocycles. The Kier molecular flexibility index (Phi) is 3.72. The number of hydrogen-bond acceptors (Lipinski definition) is 4. The van der Waals surface area contributed by atoms with Crippen LogP contribution in [0.15, 0.2) is 30.9 Å². The first-order valence-electron chi connectivity index (χ1n) is 5.52. The van der Waals surface area contributed by atoms with Crippen LogP contribution >= 0.6 is 0 Å². The van der Waals surface area contributed by atoms with Gasteiger partial charge in [0.25, 0.3) is 0 Å². The van der Waals surface area contributed by atoms with E-state index in [0.717, 1.165) is 30.8 Å². The number of aryl methyl sites for hydroxylation is 1. The van der Waals surface area contributed by atoms with E-state index in [-0.39, 0.29) is 0 Å². The molecule has 5 nitrogen and oxygen atoms in total. The smallest absolute Gasteiger partial charge is 0.123 e. The monoisotopic (exact) mass is 232 g/mol. The lowest BCUT2D eigenvalue weighted by Crippen LogP contribution is -2.02. The molecule has 2 N–H and O–H groups in total. The standard InChI is InChI=1S/C12H16N4O/c1-17-6-2-5-16-9-14-8-11(16)10-3-4-12(13)15-7-10/h3-4,7-9H,2,5-6H2,1H3,(H2,13,15). The SMILES string of the molecule is COCCCn1cncc1-c1ccc(N)nc1. The van der Waals surface area contributed by atoms with Gasteiger partial charge in [0.15, 0.2) is 0 Å². The second kappa shape index (κ2) is 5.45. The molecule has 0 saturated carbocycles. The molecule has 2 rings (SSSR count). The van der Waals surface area contributed by atoms with Crippen LogP contribution < -0.4 is 5.73 Å². The molecule has 0 amide bonds. The normalized spacial score (nSPS) is 10.6. The molecular weight excluding hydrogens is 216 g/mol. The van der Waals surface area contributed by atoms with E-state index >= 15 is 0 Å². The molecule has 0 unspecified atom stereocenters. The topological polar surface area (TPSA) is 66.0 Å². The average Bonchev–Trinajstić information content (AvgIpc) is 2.79. The first-order chi connectivity index (χ1) is 8.31. The molecule has 5 heteroatoms. The van der Waals surface area contributed by atoms with Crippen molar-refractivity contribution >= 4 is 5.82 Å². The molecule has 2 heterocycles. The Hall–Kier alpha value is -1.88. The van der Waals surface area contributed by atoms with Crippen LogP contribution in [0, 0.1) is 0 Å². The number of nitrogens with two attached hydrogens (primary N) is 1. The number of methoxy groups -OCH3 is 1. The van der Waals surface area contributed by atoms with Gasteiger partial charge in [-0.1, -0.05) is 0 Å². The van der Waals surface area contributed by atoms with E-state index in [2.05, 4.69) is 14.5 Å². The van der Waals surface area contributed by atoms with E-state index in [0.29, 0.717) is 5.82 Å². The van der Waals surface area contributed by atoms with Crippen LogP contribution in [0.3, 0.4) is 0 Å². The molecule has 0 atom stereocenters. The molecule has 0 fully saturated rings. The van der Waals surface area contributed by atoms with Crippen molar-refractivity contribution in [3.05, 3.63) is 30.9 Å². The molecule has 0 aliphatic carbocycles. The maximum absolute atomic E-state index is 5.57. The van der Waals surface area contributed by atoms with Crippen molar-refractivity contribution in [1.29, 1.82) is 0 Å². The van der Waals surface area contributed by atoms with E-state index in [1.807, 2.05) is 18.6 Å². The highest BCUT2D eigenvalue weighted by Gasteiger charge is 2.04. The van der Waals surface area contributed by atoms with Gasteiger partial charge in [-0.25, -0.2) is 9.97 Å². The molecule has 2 aromatic heterocycles. The molecule has 90 valence electrons. The van der Waals surface area contributed by atoms with Crippen LogP contribution in [0.25, 0.3) is 11.3 Å². The number of nitrogen functional groups attached to an aromatic ring is 1. The van der Waals surface area contributed by atoms with Gasteiger partial charge < -0.3 is 15.0 Å². The third-order valence-electron chi connectivity index (χ3n) is 2.54. The van der Waals surface area contributed by atoms with Crippen LogP contribution in [-0.2, 0) is 11.3 Å². The molecule has 0 bridgehead atoms. The summed E-state index contributed by atoms with van der Waals surface area (Å²) >= 11 is 0. The van der Waals surface area contributed by atoms with Crippen molar-refractivity contribution < 1.29 is 4.74 Å². The number of rotatable bonds is 5. The molecule has 0 aliphatic heterocycles. The summed E-state index contributed by atoms with van der Waals surface area (Å²) < 4.78 is 7.13. The predicted molar refractivity (Wildman–Crippen MR) is 66.4 cm³/mol. The third kappa shape index (κ3) is 2.82. The van der Waals surface area contributed by atoms with Crippen LogP contribution in [0.5, 0.6) is 0 Å². The molecule has 0 aliphatic rings. The first kappa shape index (κ1) is 11.6. The van der Waals surface area contributed by atoms with Gasteiger partial charge in [-0.15, -0.1) is 0 Å². The van der Waals surface area contributed by atoms with E-state index < -0.39 is 0 Å². The lowest BCUT2D eigenvalue weighted by Gasteiger charge is -2.07. The van der Waals surface area contributed by atoms with Crippen molar-refractivity contribution in [1.82, 2.24) is 14.5 Å². The summed E-state index contributed by atoms with van der Waals surface area (Å²) in [6.07, 6.45) is 6.38. The second-order valence-electron chi connectivity index (χ2n) is 3.79. The van der Waals surface area contributed by atoms with Gasteiger partial charge >= 0.3 is 0 Å². The van der Waals surface area contributed by atoms with Crippen molar-refractivity contribution in [3.8, 4) is 11.3 Å². The summed E-state index contributed by atoms with van der Waals surface area (Å²) in [4.78, 5) is 8.25. The van der Waals surface area contributed by atoms with Crippen LogP contribution in [-0.4, -0.2) is 28.3 Å². The molecule has 0 spiro atoms. The highest BCUT2D eigenvalue weighted by atomic mass is 16.5. The molecule has 0 radical (unpaired) electrons. The lowest BCUT2D eigenvalue weighted by molar-refractivity contribution is 0.190. The first-order valence-corrected chi connectivity index (χ1v) is 5.52. The highest BCUT2D eigenvalue weighted by molar-refractivity contribution is 5.58. The van der Waals surface area contributed by atoms with Crippen molar-refractivity contribution in [2.24, 2.45) is 0 Å². The minimum Gasteiger partial charge on any atom is -0.385 e.